The molecule has 0 fully saturated rings. The minimum absolute atomic E-state index is 0.0983. The average molecular weight is 680 g/mol. The first-order chi connectivity index (χ1) is 26.0. The number of para-hydroxylation sites is 2. The minimum Gasteiger partial charge on any atom is -0.455 e. The zero-order valence-electron chi connectivity index (χ0n) is 29.3. The Morgan fingerprint density at radius 3 is 2.02 bits per heavy atom. The van der Waals surface area contributed by atoms with Gasteiger partial charge in [0.05, 0.1) is 27.8 Å². The summed E-state index contributed by atoms with van der Waals surface area (Å²) < 4.78 is 8.86. The number of hydrogen-bond donors (Lipinski definition) is 0. The SMILES string of the molecule is CC1(C)c2ccccc2-c2ccc(-c3cc(-c4ccc(-n5c6ccccc6c6c7oc8ccccc8c7ccc65)cc4)nc(-c4ccccc4)n3)cc21. The van der Waals surface area contributed by atoms with Gasteiger partial charge in [-0.2, -0.15) is 0 Å². The van der Waals surface area contributed by atoms with Crippen LogP contribution in [0, 0.1) is 0 Å². The molecule has 11 rings (SSSR count). The average Bonchev–Trinajstić information content (AvgIpc) is 3.84. The van der Waals surface area contributed by atoms with Gasteiger partial charge in [0.2, 0.25) is 0 Å². The first-order valence-corrected chi connectivity index (χ1v) is 18.2. The van der Waals surface area contributed by atoms with E-state index >= 15 is 0 Å². The van der Waals surface area contributed by atoms with E-state index in [1.54, 1.807) is 0 Å². The van der Waals surface area contributed by atoms with E-state index in [2.05, 4.69) is 152 Å². The van der Waals surface area contributed by atoms with Crippen molar-refractivity contribution in [1.29, 1.82) is 0 Å². The lowest BCUT2D eigenvalue weighted by molar-refractivity contribution is 0.660. The fourth-order valence-electron chi connectivity index (χ4n) is 8.62. The van der Waals surface area contributed by atoms with E-state index in [0.717, 1.165) is 72.1 Å². The molecule has 3 aromatic heterocycles. The number of benzene rings is 7. The summed E-state index contributed by atoms with van der Waals surface area (Å²) in [5.74, 6) is 0.711. The van der Waals surface area contributed by atoms with Crippen LogP contribution in [0.5, 0.6) is 0 Å². The largest absolute Gasteiger partial charge is 0.455 e. The third-order valence-electron chi connectivity index (χ3n) is 11.2. The number of fused-ring (bicyclic) bond motifs is 10. The van der Waals surface area contributed by atoms with Crippen LogP contribution in [-0.4, -0.2) is 14.5 Å². The fraction of sp³-hybridized carbons (Fsp3) is 0.0612. The maximum atomic E-state index is 6.52. The third kappa shape index (κ3) is 4.42. The second kappa shape index (κ2) is 11.1. The normalized spacial score (nSPS) is 13.2. The molecule has 0 bridgehead atoms. The molecule has 0 aliphatic heterocycles. The predicted octanol–water partition coefficient (Wildman–Crippen LogP) is 12.8. The molecule has 10 aromatic rings. The van der Waals surface area contributed by atoms with Crippen LogP contribution in [0.4, 0.5) is 0 Å². The lowest BCUT2D eigenvalue weighted by Crippen LogP contribution is -2.14. The highest BCUT2D eigenvalue weighted by atomic mass is 16.3. The Morgan fingerprint density at radius 1 is 0.491 bits per heavy atom. The monoisotopic (exact) mass is 679 g/mol. The smallest absolute Gasteiger partial charge is 0.160 e. The number of aromatic nitrogens is 3. The number of nitrogens with zero attached hydrogens (tertiary/aromatic N) is 3. The van der Waals surface area contributed by atoms with Crippen molar-refractivity contribution in [3.63, 3.8) is 0 Å². The van der Waals surface area contributed by atoms with Crippen LogP contribution in [-0.2, 0) is 5.41 Å². The summed E-state index contributed by atoms with van der Waals surface area (Å²) in [4.78, 5) is 10.3. The standard InChI is InChI=1S/C49H33N3O/c1-49(2)39-17-9-6-14-34(39)35-25-22-32(28-40(35)49)42-29-41(50-48(51-42)31-12-4-3-5-13-31)30-20-23-33(24-21-30)52-43-18-10-7-16-38(43)46-44(52)27-26-37-36-15-8-11-19-45(36)53-47(37)46/h3-29H,1-2H3. The second-order valence-corrected chi connectivity index (χ2v) is 14.6. The van der Waals surface area contributed by atoms with Crippen LogP contribution in [0.3, 0.4) is 0 Å². The van der Waals surface area contributed by atoms with Gasteiger partial charge in [0.15, 0.2) is 5.82 Å². The number of hydrogen-bond acceptors (Lipinski definition) is 3. The maximum Gasteiger partial charge on any atom is 0.160 e. The summed E-state index contributed by atoms with van der Waals surface area (Å²) >= 11 is 0. The van der Waals surface area contributed by atoms with Gasteiger partial charge in [0, 0.05) is 44.0 Å². The highest BCUT2D eigenvalue weighted by molar-refractivity contribution is 6.23. The molecule has 0 N–H and O–H groups in total. The highest BCUT2D eigenvalue weighted by Crippen LogP contribution is 2.49. The Balaban J connectivity index is 1.05. The fourth-order valence-corrected chi connectivity index (χ4v) is 8.62. The summed E-state index contributed by atoms with van der Waals surface area (Å²) in [6.45, 7) is 4.64. The number of rotatable bonds is 4. The van der Waals surface area contributed by atoms with E-state index in [1.165, 1.54) is 27.6 Å². The molecule has 53 heavy (non-hydrogen) atoms. The van der Waals surface area contributed by atoms with Gasteiger partial charge in [-0.3, -0.25) is 0 Å². The first-order valence-electron chi connectivity index (χ1n) is 18.2. The maximum absolute atomic E-state index is 6.52. The Hall–Kier alpha value is -6.78. The predicted molar refractivity (Wildman–Crippen MR) is 218 cm³/mol. The van der Waals surface area contributed by atoms with Crippen molar-refractivity contribution in [2.24, 2.45) is 0 Å². The van der Waals surface area contributed by atoms with Crippen molar-refractivity contribution in [2.75, 3.05) is 0 Å². The van der Waals surface area contributed by atoms with Crippen molar-refractivity contribution >= 4 is 43.7 Å². The molecule has 0 atom stereocenters. The van der Waals surface area contributed by atoms with Crippen LogP contribution >= 0.6 is 0 Å². The first kappa shape index (κ1) is 29.9. The quantitative estimate of drug-likeness (QED) is 0.186. The van der Waals surface area contributed by atoms with Gasteiger partial charge in [-0.25, -0.2) is 9.97 Å². The molecule has 4 heteroatoms. The van der Waals surface area contributed by atoms with E-state index in [0.29, 0.717) is 5.82 Å². The Bertz CT molecular complexity index is 3080. The number of furan rings is 1. The summed E-state index contributed by atoms with van der Waals surface area (Å²) in [6.07, 6.45) is 0. The molecular weight excluding hydrogens is 647 g/mol. The molecule has 250 valence electrons. The van der Waals surface area contributed by atoms with Gasteiger partial charge in [0.1, 0.15) is 11.2 Å². The van der Waals surface area contributed by atoms with E-state index in [1.807, 2.05) is 30.3 Å². The van der Waals surface area contributed by atoms with Gasteiger partial charge in [-0.1, -0.05) is 129 Å². The van der Waals surface area contributed by atoms with Crippen molar-refractivity contribution in [3.8, 4) is 50.7 Å². The van der Waals surface area contributed by atoms with Gasteiger partial charge in [-0.05, 0) is 70.8 Å². The lowest BCUT2D eigenvalue weighted by atomic mass is 9.82. The van der Waals surface area contributed by atoms with Gasteiger partial charge >= 0.3 is 0 Å². The van der Waals surface area contributed by atoms with Gasteiger partial charge < -0.3 is 8.98 Å². The van der Waals surface area contributed by atoms with E-state index < -0.39 is 0 Å². The summed E-state index contributed by atoms with van der Waals surface area (Å²) in [5, 5.41) is 4.58. The Kier molecular flexibility index (Phi) is 6.27. The zero-order chi connectivity index (χ0) is 35.3. The molecular formula is C49H33N3O. The Labute approximate surface area is 306 Å². The molecule has 0 amide bonds. The van der Waals surface area contributed by atoms with Crippen LogP contribution in [0.15, 0.2) is 168 Å². The molecule has 1 aliphatic carbocycles. The third-order valence-corrected chi connectivity index (χ3v) is 11.2. The van der Waals surface area contributed by atoms with Crippen molar-refractivity contribution in [1.82, 2.24) is 14.5 Å². The van der Waals surface area contributed by atoms with Crippen LogP contribution in [0.1, 0.15) is 25.0 Å². The topological polar surface area (TPSA) is 43.9 Å². The molecule has 0 saturated heterocycles. The molecule has 0 unspecified atom stereocenters. The molecule has 1 aliphatic rings. The molecule has 0 radical (unpaired) electrons. The van der Waals surface area contributed by atoms with Crippen molar-refractivity contribution in [3.05, 3.63) is 175 Å². The zero-order valence-corrected chi connectivity index (χ0v) is 29.3. The second-order valence-electron chi connectivity index (χ2n) is 14.6. The minimum atomic E-state index is -0.0983. The Morgan fingerprint density at radius 2 is 1.17 bits per heavy atom. The van der Waals surface area contributed by atoms with Crippen LogP contribution < -0.4 is 0 Å². The summed E-state index contributed by atoms with van der Waals surface area (Å²) in [7, 11) is 0. The summed E-state index contributed by atoms with van der Waals surface area (Å²) in [5.41, 5.74) is 15.3. The van der Waals surface area contributed by atoms with Crippen molar-refractivity contribution in [2.45, 2.75) is 19.3 Å². The van der Waals surface area contributed by atoms with Crippen molar-refractivity contribution < 1.29 is 4.42 Å². The molecule has 0 saturated carbocycles. The highest BCUT2D eigenvalue weighted by Gasteiger charge is 2.35. The van der Waals surface area contributed by atoms with E-state index in [-0.39, 0.29) is 5.41 Å². The van der Waals surface area contributed by atoms with Gasteiger partial charge in [0.25, 0.3) is 0 Å². The van der Waals surface area contributed by atoms with Crippen LogP contribution in [0.2, 0.25) is 0 Å². The molecule has 0 spiro atoms. The molecule has 7 aromatic carbocycles. The van der Waals surface area contributed by atoms with E-state index in [9.17, 15) is 0 Å². The molecule has 3 heterocycles. The van der Waals surface area contributed by atoms with Crippen LogP contribution in [0.25, 0.3) is 94.5 Å². The van der Waals surface area contributed by atoms with E-state index in [4.69, 9.17) is 14.4 Å². The lowest BCUT2D eigenvalue weighted by Gasteiger charge is -2.22. The summed E-state index contributed by atoms with van der Waals surface area (Å²) in [6, 6.07) is 58.0. The molecule has 4 nitrogen and oxygen atoms in total. The van der Waals surface area contributed by atoms with Gasteiger partial charge in [-0.15, -0.1) is 0 Å².